The maximum atomic E-state index is 13.0. The van der Waals surface area contributed by atoms with Crippen LogP contribution in [-0.2, 0) is 9.53 Å². The van der Waals surface area contributed by atoms with Crippen molar-refractivity contribution in [2.75, 3.05) is 19.6 Å². The highest BCUT2D eigenvalue weighted by Crippen LogP contribution is 2.31. The molecular formula is C26H32ClN3O4. The molecule has 7 nitrogen and oxygen atoms in total. The van der Waals surface area contributed by atoms with Gasteiger partial charge in [-0.15, -0.1) is 0 Å². The Kier molecular flexibility index (Phi) is 7.66. The number of rotatable bonds is 4. The number of dihydropyridines is 1. The first-order chi connectivity index (χ1) is 15.9. The van der Waals surface area contributed by atoms with Gasteiger partial charge in [-0.2, -0.15) is 0 Å². The van der Waals surface area contributed by atoms with E-state index in [1.165, 1.54) is 0 Å². The summed E-state index contributed by atoms with van der Waals surface area (Å²) in [6.07, 6.45) is 4.12. The van der Waals surface area contributed by atoms with Crippen molar-refractivity contribution in [3.63, 3.8) is 0 Å². The van der Waals surface area contributed by atoms with Crippen LogP contribution in [0.5, 0.6) is 0 Å². The lowest BCUT2D eigenvalue weighted by Gasteiger charge is -2.30. The van der Waals surface area contributed by atoms with Crippen LogP contribution in [0.3, 0.4) is 0 Å². The number of benzene rings is 1. The molecule has 1 unspecified atom stereocenters. The first kappa shape index (κ1) is 25.7. The van der Waals surface area contributed by atoms with E-state index >= 15 is 0 Å². The van der Waals surface area contributed by atoms with Crippen molar-refractivity contribution < 1.29 is 19.1 Å². The standard InChI is InChI=1S/C26H32ClN3O4/c1-15-11-16(2)29-24(32)22(15)14-28-23(31)21-13-19(27)12-20(17(21)3)18-7-9-30(10-8-18)25(33)34-26(4,5)6/h7,11-13,22H,8-10,14H2,1-6H3,(H,28,31). The van der Waals surface area contributed by atoms with Crippen LogP contribution in [-0.4, -0.2) is 53.8 Å². The third-order valence-electron chi connectivity index (χ3n) is 5.86. The summed E-state index contributed by atoms with van der Waals surface area (Å²) in [4.78, 5) is 43.3. The Morgan fingerprint density at radius 3 is 2.53 bits per heavy atom. The smallest absolute Gasteiger partial charge is 0.410 e. The monoisotopic (exact) mass is 485 g/mol. The van der Waals surface area contributed by atoms with Crippen LogP contribution in [0.25, 0.3) is 5.57 Å². The van der Waals surface area contributed by atoms with E-state index in [9.17, 15) is 14.4 Å². The molecule has 0 fully saturated rings. The fourth-order valence-corrected chi connectivity index (χ4v) is 4.32. The Bertz CT molecular complexity index is 1110. The number of hydrogen-bond donors (Lipinski definition) is 1. The summed E-state index contributed by atoms with van der Waals surface area (Å²) in [6, 6.07) is 3.48. The molecule has 1 aromatic carbocycles. The number of ether oxygens (including phenoxy) is 1. The number of carbonyl (C=O) groups excluding carboxylic acids is 3. The molecule has 1 N–H and O–H groups in total. The Balaban J connectivity index is 1.74. The first-order valence-electron chi connectivity index (χ1n) is 11.4. The molecule has 3 rings (SSSR count). The minimum Gasteiger partial charge on any atom is -0.444 e. The molecular weight excluding hydrogens is 454 g/mol. The number of halogens is 1. The SMILES string of the molecule is CC1=CC(C)=NC(=O)C1CNC(=O)c1cc(Cl)cc(C2=CCN(C(=O)OC(C)(C)C)CC2)c1C. The normalized spacial score (nSPS) is 18.7. The average molecular weight is 486 g/mol. The van der Waals surface area contributed by atoms with Crippen molar-refractivity contribution in [1.29, 1.82) is 0 Å². The van der Waals surface area contributed by atoms with Gasteiger partial charge >= 0.3 is 6.09 Å². The van der Waals surface area contributed by atoms with Crippen molar-refractivity contribution in [2.24, 2.45) is 10.9 Å². The zero-order chi connectivity index (χ0) is 25.2. The van der Waals surface area contributed by atoms with Crippen LogP contribution in [0, 0.1) is 12.8 Å². The van der Waals surface area contributed by atoms with Gasteiger partial charge in [-0.3, -0.25) is 9.59 Å². The van der Waals surface area contributed by atoms with Gasteiger partial charge in [0, 0.05) is 35.9 Å². The summed E-state index contributed by atoms with van der Waals surface area (Å²) in [5, 5.41) is 3.32. The number of nitrogens with zero attached hydrogens (tertiary/aromatic N) is 2. The van der Waals surface area contributed by atoms with Gasteiger partial charge in [0.25, 0.3) is 11.8 Å². The van der Waals surface area contributed by atoms with E-state index in [4.69, 9.17) is 16.3 Å². The van der Waals surface area contributed by atoms with Gasteiger partial charge < -0.3 is 15.0 Å². The molecule has 2 heterocycles. The molecule has 0 bridgehead atoms. The van der Waals surface area contributed by atoms with Gasteiger partial charge in [0.1, 0.15) is 5.60 Å². The van der Waals surface area contributed by atoms with Gasteiger partial charge in [0.05, 0.1) is 5.92 Å². The Hall–Kier alpha value is -2.93. The maximum Gasteiger partial charge on any atom is 0.410 e. The molecule has 34 heavy (non-hydrogen) atoms. The molecule has 0 spiro atoms. The van der Waals surface area contributed by atoms with Crippen molar-refractivity contribution in [3.05, 3.63) is 51.6 Å². The lowest BCUT2D eigenvalue weighted by atomic mass is 9.92. The summed E-state index contributed by atoms with van der Waals surface area (Å²) in [5.74, 6) is -1.00. The van der Waals surface area contributed by atoms with E-state index in [0.29, 0.717) is 35.8 Å². The van der Waals surface area contributed by atoms with Gasteiger partial charge in [-0.25, -0.2) is 9.79 Å². The van der Waals surface area contributed by atoms with Gasteiger partial charge in [0.2, 0.25) is 0 Å². The highest BCUT2D eigenvalue weighted by Gasteiger charge is 2.27. The number of carbonyl (C=O) groups is 3. The van der Waals surface area contributed by atoms with E-state index in [2.05, 4.69) is 10.3 Å². The fraction of sp³-hybridized carbons (Fsp3) is 0.462. The van der Waals surface area contributed by atoms with Gasteiger partial charge in [-0.05, 0) is 82.9 Å². The minimum absolute atomic E-state index is 0.172. The molecule has 2 aliphatic heterocycles. The molecule has 1 aromatic rings. The molecule has 182 valence electrons. The third-order valence-corrected chi connectivity index (χ3v) is 6.08. The highest BCUT2D eigenvalue weighted by molar-refractivity contribution is 6.31. The third kappa shape index (κ3) is 6.14. The first-order valence-corrected chi connectivity index (χ1v) is 11.8. The predicted octanol–water partition coefficient (Wildman–Crippen LogP) is 4.97. The number of aliphatic imine (C=N–C) groups is 1. The van der Waals surface area contributed by atoms with Crippen LogP contribution in [0.1, 0.15) is 62.5 Å². The topological polar surface area (TPSA) is 88.1 Å². The van der Waals surface area contributed by atoms with E-state index in [1.807, 2.05) is 52.8 Å². The molecule has 0 saturated heterocycles. The zero-order valence-electron chi connectivity index (χ0n) is 20.6. The van der Waals surface area contributed by atoms with E-state index in [-0.39, 0.29) is 24.5 Å². The maximum absolute atomic E-state index is 13.0. The van der Waals surface area contributed by atoms with Gasteiger partial charge in [-0.1, -0.05) is 23.3 Å². The highest BCUT2D eigenvalue weighted by atomic mass is 35.5. The number of hydrogen-bond acceptors (Lipinski definition) is 4. The summed E-state index contributed by atoms with van der Waals surface area (Å²) >= 11 is 6.38. The van der Waals surface area contributed by atoms with Crippen LogP contribution in [0.15, 0.2) is 34.9 Å². The summed E-state index contributed by atoms with van der Waals surface area (Å²) in [7, 11) is 0. The summed E-state index contributed by atoms with van der Waals surface area (Å²) in [6.45, 7) is 12.2. The lowest BCUT2D eigenvalue weighted by molar-refractivity contribution is -0.120. The van der Waals surface area contributed by atoms with Crippen molar-refractivity contribution in [1.82, 2.24) is 10.2 Å². The number of nitrogens with one attached hydrogen (secondary N) is 1. The van der Waals surface area contributed by atoms with Crippen LogP contribution in [0.2, 0.25) is 5.02 Å². The van der Waals surface area contributed by atoms with Crippen molar-refractivity contribution in [3.8, 4) is 0 Å². The minimum atomic E-state index is -0.547. The molecule has 0 radical (unpaired) electrons. The summed E-state index contributed by atoms with van der Waals surface area (Å²) in [5.41, 5.74) is 4.17. The second-order valence-corrected chi connectivity index (χ2v) is 10.2. The van der Waals surface area contributed by atoms with Crippen LogP contribution < -0.4 is 5.32 Å². The van der Waals surface area contributed by atoms with Crippen molar-refractivity contribution >= 4 is 40.8 Å². The number of amides is 3. The Labute approximate surface area is 205 Å². The molecule has 3 amide bonds. The Morgan fingerprint density at radius 1 is 1.24 bits per heavy atom. The second-order valence-electron chi connectivity index (χ2n) is 9.77. The molecule has 0 aromatic heterocycles. The molecule has 1 atom stereocenters. The van der Waals surface area contributed by atoms with E-state index in [0.717, 1.165) is 22.3 Å². The number of allylic oxidation sites excluding steroid dienone is 1. The van der Waals surface area contributed by atoms with Crippen LogP contribution in [0.4, 0.5) is 4.79 Å². The molecule has 0 saturated carbocycles. The molecule has 2 aliphatic rings. The predicted molar refractivity (Wildman–Crippen MR) is 134 cm³/mol. The average Bonchev–Trinajstić information content (AvgIpc) is 2.73. The second kappa shape index (κ2) is 10.1. The lowest BCUT2D eigenvalue weighted by Crippen LogP contribution is -2.39. The van der Waals surface area contributed by atoms with E-state index < -0.39 is 11.5 Å². The van der Waals surface area contributed by atoms with E-state index in [1.54, 1.807) is 17.9 Å². The molecule has 0 aliphatic carbocycles. The van der Waals surface area contributed by atoms with Crippen LogP contribution >= 0.6 is 11.6 Å². The Morgan fingerprint density at radius 2 is 1.94 bits per heavy atom. The fourth-order valence-electron chi connectivity index (χ4n) is 4.10. The summed E-state index contributed by atoms with van der Waals surface area (Å²) < 4.78 is 5.46. The quantitative estimate of drug-likeness (QED) is 0.652. The largest absolute Gasteiger partial charge is 0.444 e. The molecule has 8 heteroatoms. The van der Waals surface area contributed by atoms with Gasteiger partial charge in [0.15, 0.2) is 0 Å². The zero-order valence-corrected chi connectivity index (χ0v) is 21.4. The van der Waals surface area contributed by atoms with Crippen molar-refractivity contribution in [2.45, 2.75) is 53.6 Å².